The van der Waals surface area contributed by atoms with Gasteiger partial charge in [0.1, 0.15) is 0 Å². The lowest BCUT2D eigenvalue weighted by Gasteiger charge is -2.33. The predicted molar refractivity (Wildman–Crippen MR) is 83.9 cm³/mol. The van der Waals surface area contributed by atoms with Gasteiger partial charge in [-0.2, -0.15) is 0 Å². The molecule has 0 atom stereocenters. The monoisotopic (exact) mass is 273 g/mol. The molecule has 0 N–H and O–H groups in total. The molecule has 1 aliphatic rings. The highest BCUT2D eigenvalue weighted by atomic mass is 16.2. The zero-order valence-corrected chi connectivity index (χ0v) is 11.7. The van der Waals surface area contributed by atoms with Crippen LogP contribution in [0.15, 0.2) is 66.7 Å². The highest BCUT2D eigenvalue weighted by Crippen LogP contribution is 2.16. The fourth-order valence-corrected chi connectivity index (χ4v) is 2.18. The van der Waals surface area contributed by atoms with Crippen molar-refractivity contribution in [2.45, 2.75) is 0 Å². The van der Waals surface area contributed by atoms with Gasteiger partial charge in [0.05, 0.1) is 0 Å². The fourth-order valence-electron chi connectivity index (χ4n) is 2.18. The normalized spacial score (nSPS) is 13.1. The molecular formula is C19H15NO. The molecule has 0 aromatic heterocycles. The van der Waals surface area contributed by atoms with E-state index in [1.807, 2.05) is 54.6 Å². The molecule has 102 valence electrons. The fraction of sp³-hybridized carbons (Fsp3) is 0.105. The quantitative estimate of drug-likeness (QED) is 0.577. The van der Waals surface area contributed by atoms with Gasteiger partial charge in [-0.15, -0.1) is 0 Å². The summed E-state index contributed by atoms with van der Waals surface area (Å²) in [5.74, 6) is 6.27. The van der Waals surface area contributed by atoms with Gasteiger partial charge < -0.3 is 4.90 Å². The van der Waals surface area contributed by atoms with Crippen LogP contribution in [0.5, 0.6) is 0 Å². The maximum Gasteiger partial charge on any atom is 0.254 e. The summed E-state index contributed by atoms with van der Waals surface area (Å²) < 4.78 is 0. The molecule has 1 fully saturated rings. The molecule has 2 heteroatoms. The average Bonchev–Trinajstić information content (AvgIpc) is 2.51. The Labute approximate surface area is 124 Å². The Morgan fingerprint density at radius 2 is 1.48 bits per heavy atom. The van der Waals surface area contributed by atoms with Crippen LogP contribution in [-0.4, -0.2) is 23.9 Å². The van der Waals surface area contributed by atoms with Crippen molar-refractivity contribution in [3.8, 4) is 11.8 Å². The number of amides is 1. The second-order valence-corrected chi connectivity index (χ2v) is 5.10. The minimum Gasteiger partial charge on any atom is -0.331 e. The molecule has 1 heterocycles. The van der Waals surface area contributed by atoms with E-state index < -0.39 is 0 Å². The third-order valence-corrected chi connectivity index (χ3v) is 3.37. The van der Waals surface area contributed by atoms with E-state index in [0.29, 0.717) is 18.7 Å². The molecule has 2 aromatic rings. The Bertz CT molecular complexity index is 725. The van der Waals surface area contributed by atoms with Gasteiger partial charge >= 0.3 is 0 Å². The van der Waals surface area contributed by atoms with Crippen molar-refractivity contribution in [1.82, 2.24) is 4.90 Å². The van der Waals surface area contributed by atoms with E-state index >= 15 is 0 Å². The smallest absolute Gasteiger partial charge is 0.254 e. The first-order valence-corrected chi connectivity index (χ1v) is 6.85. The van der Waals surface area contributed by atoms with Crippen LogP contribution in [0.3, 0.4) is 0 Å². The van der Waals surface area contributed by atoms with Crippen molar-refractivity contribution in [3.63, 3.8) is 0 Å². The molecule has 0 spiro atoms. The van der Waals surface area contributed by atoms with Gasteiger partial charge in [-0.3, -0.25) is 4.79 Å². The van der Waals surface area contributed by atoms with Gasteiger partial charge in [-0.1, -0.05) is 36.6 Å². The van der Waals surface area contributed by atoms with Crippen LogP contribution in [0.25, 0.3) is 0 Å². The van der Waals surface area contributed by atoms with E-state index in [-0.39, 0.29) is 5.91 Å². The largest absolute Gasteiger partial charge is 0.331 e. The molecule has 0 radical (unpaired) electrons. The topological polar surface area (TPSA) is 20.3 Å². The molecule has 3 rings (SSSR count). The Balaban J connectivity index is 1.71. The maximum absolute atomic E-state index is 12.1. The third-order valence-electron chi connectivity index (χ3n) is 3.37. The molecule has 0 bridgehead atoms. The Hall–Kier alpha value is -2.79. The van der Waals surface area contributed by atoms with E-state index in [4.69, 9.17) is 0 Å². The SMILES string of the molecule is C=C1CN(C(=O)c2ccc(C#Cc3ccccc3)cc2)C1. The molecular weight excluding hydrogens is 258 g/mol. The zero-order valence-electron chi connectivity index (χ0n) is 11.7. The number of hydrogen-bond acceptors (Lipinski definition) is 1. The first kappa shape index (κ1) is 13.2. The van der Waals surface area contributed by atoms with Gasteiger partial charge in [-0.25, -0.2) is 0 Å². The zero-order chi connectivity index (χ0) is 14.7. The molecule has 0 aliphatic carbocycles. The lowest BCUT2D eigenvalue weighted by molar-refractivity contribution is 0.0728. The molecule has 1 amide bonds. The van der Waals surface area contributed by atoms with E-state index in [0.717, 1.165) is 16.7 Å². The summed E-state index contributed by atoms with van der Waals surface area (Å²) in [5.41, 5.74) is 3.70. The van der Waals surface area contributed by atoms with Gasteiger partial charge in [0.15, 0.2) is 0 Å². The molecule has 0 unspecified atom stereocenters. The molecule has 1 aliphatic heterocycles. The van der Waals surface area contributed by atoms with Gasteiger partial charge in [0.2, 0.25) is 0 Å². The van der Waals surface area contributed by atoms with Crippen LogP contribution in [0, 0.1) is 11.8 Å². The van der Waals surface area contributed by atoms with Gasteiger partial charge in [-0.05, 0) is 42.0 Å². The first-order valence-electron chi connectivity index (χ1n) is 6.85. The van der Waals surface area contributed by atoms with E-state index in [1.54, 1.807) is 4.90 Å². The number of rotatable bonds is 1. The van der Waals surface area contributed by atoms with Crippen LogP contribution < -0.4 is 0 Å². The summed E-state index contributed by atoms with van der Waals surface area (Å²) in [6, 6.07) is 17.3. The van der Waals surface area contributed by atoms with E-state index in [1.165, 1.54) is 0 Å². The number of benzene rings is 2. The third kappa shape index (κ3) is 3.04. The molecule has 0 saturated carbocycles. The summed E-state index contributed by atoms with van der Waals surface area (Å²) in [6.45, 7) is 5.19. The van der Waals surface area contributed by atoms with Crippen LogP contribution >= 0.6 is 0 Å². The van der Waals surface area contributed by atoms with Crippen LogP contribution in [0.1, 0.15) is 21.5 Å². The Morgan fingerprint density at radius 1 is 0.905 bits per heavy atom. The van der Waals surface area contributed by atoms with Crippen LogP contribution in [0.4, 0.5) is 0 Å². The molecule has 1 saturated heterocycles. The van der Waals surface area contributed by atoms with E-state index in [9.17, 15) is 4.79 Å². The van der Waals surface area contributed by atoms with Crippen molar-refractivity contribution < 1.29 is 4.79 Å². The van der Waals surface area contributed by atoms with Crippen molar-refractivity contribution in [2.75, 3.05) is 13.1 Å². The Kier molecular flexibility index (Phi) is 3.57. The Morgan fingerprint density at radius 3 is 2.05 bits per heavy atom. The minimum atomic E-state index is 0.0602. The number of carbonyl (C=O) groups is 1. The van der Waals surface area contributed by atoms with Crippen molar-refractivity contribution >= 4 is 5.91 Å². The first-order chi connectivity index (χ1) is 10.2. The number of carbonyl (C=O) groups excluding carboxylic acids is 1. The van der Waals surface area contributed by atoms with Crippen LogP contribution in [-0.2, 0) is 0 Å². The van der Waals surface area contributed by atoms with Gasteiger partial charge in [0.25, 0.3) is 5.91 Å². The van der Waals surface area contributed by atoms with Crippen molar-refractivity contribution in [3.05, 3.63) is 83.4 Å². The summed E-state index contributed by atoms with van der Waals surface area (Å²) in [4.78, 5) is 13.9. The lowest BCUT2D eigenvalue weighted by Crippen LogP contribution is -2.43. The highest BCUT2D eigenvalue weighted by Gasteiger charge is 2.24. The predicted octanol–water partition coefficient (Wildman–Crippen LogP) is 3.10. The lowest BCUT2D eigenvalue weighted by atomic mass is 10.1. The molecule has 21 heavy (non-hydrogen) atoms. The van der Waals surface area contributed by atoms with Gasteiger partial charge in [0, 0.05) is 29.8 Å². The number of hydrogen-bond donors (Lipinski definition) is 0. The molecule has 2 aromatic carbocycles. The number of nitrogens with zero attached hydrogens (tertiary/aromatic N) is 1. The number of likely N-dealkylation sites (tertiary alicyclic amines) is 1. The van der Waals surface area contributed by atoms with E-state index in [2.05, 4.69) is 18.4 Å². The molecule has 2 nitrogen and oxygen atoms in total. The highest BCUT2D eigenvalue weighted by molar-refractivity contribution is 5.95. The maximum atomic E-state index is 12.1. The second kappa shape index (κ2) is 5.68. The summed E-state index contributed by atoms with van der Waals surface area (Å²) in [7, 11) is 0. The minimum absolute atomic E-state index is 0.0602. The summed E-state index contributed by atoms with van der Waals surface area (Å²) in [6.07, 6.45) is 0. The van der Waals surface area contributed by atoms with Crippen LogP contribution in [0.2, 0.25) is 0 Å². The standard InChI is InChI=1S/C19H15NO/c1-15-13-20(14-15)19(21)18-11-9-17(10-12-18)8-7-16-5-3-2-4-6-16/h2-6,9-12H,1,13-14H2. The van der Waals surface area contributed by atoms with Crippen molar-refractivity contribution in [2.24, 2.45) is 0 Å². The van der Waals surface area contributed by atoms with Crippen molar-refractivity contribution in [1.29, 1.82) is 0 Å². The second-order valence-electron chi connectivity index (χ2n) is 5.10. The summed E-state index contributed by atoms with van der Waals surface area (Å²) in [5, 5.41) is 0. The average molecular weight is 273 g/mol. The summed E-state index contributed by atoms with van der Waals surface area (Å²) >= 11 is 0.